The van der Waals surface area contributed by atoms with Gasteiger partial charge in [0.25, 0.3) is 0 Å². The van der Waals surface area contributed by atoms with Crippen molar-refractivity contribution < 1.29 is 19.1 Å². The predicted molar refractivity (Wildman–Crippen MR) is 76.3 cm³/mol. The smallest absolute Gasteiger partial charge is 0.306 e. The molecule has 0 bridgehead atoms. The monoisotopic (exact) mass is 296 g/mol. The molecule has 1 aliphatic heterocycles. The first-order valence-corrected chi connectivity index (χ1v) is 7.75. The van der Waals surface area contributed by atoms with Gasteiger partial charge in [0.2, 0.25) is 11.8 Å². The predicted octanol–water partition coefficient (Wildman–Crippen LogP) is 0.847. The number of methoxy groups -OCH3 is 1. The van der Waals surface area contributed by atoms with Crippen LogP contribution < -0.4 is 5.32 Å². The molecule has 1 saturated carbocycles. The van der Waals surface area contributed by atoms with Crippen LogP contribution in [0.4, 0.5) is 0 Å². The van der Waals surface area contributed by atoms with Gasteiger partial charge in [-0.2, -0.15) is 0 Å². The topological polar surface area (TPSA) is 75.7 Å². The fourth-order valence-electron chi connectivity index (χ4n) is 2.73. The number of nitrogens with zero attached hydrogens (tertiary/aromatic N) is 1. The molecule has 0 aromatic heterocycles. The van der Waals surface area contributed by atoms with E-state index in [0.29, 0.717) is 13.1 Å². The van der Waals surface area contributed by atoms with E-state index in [4.69, 9.17) is 0 Å². The highest BCUT2D eigenvalue weighted by Crippen LogP contribution is 2.26. The van der Waals surface area contributed by atoms with Crippen LogP contribution in [-0.2, 0) is 19.1 Å². The van der Waals surface area contributed by atoms with Crippen molar-refractivity contribution in [1.29, 1.82) is 0 Å². The van der Waals surface area contributed by atoms with Crippen molar-refractivity contribution in [3.8, 4) is 0 Å². The molecule has 21 heavy (non-hydrogen) atoms. The van der Waals surface area contributed by atoms with Crippen molar-refractivity contribution in [3.05, 3.63) is 0 Å². The third-order valence-electron chi connectivity index (χ3n) is 4.44. The summed E-state index contributed by atoms with van der Waals surface area (Å²) < 4.78 is 4.53. The fourth-order valence-corrected chi connectivity index (χ4v) is 2.73. The minimum absolute atomic E-state index is 0.0100. The van der Waals surface area contributed by atoms with Gasteiger partial charge in [-0.3, -0.25) is 14.4 Å². The van der Waals surface area contributed by atoms with Crippen molar-refractivity contribution in [2.45, 2.75) is 51.0 Å². The lowest BCUT2D eigenvalue weighted by molar-refractivity contribution is -0.144. The Morgan fingerprint density at radius 1 is 1.10 bits per heavy atom. The van der Waals surface area contributed by atoms with Gasteiger partial charge in [0.1, 0.15) is 0 Å². The van der Waals surface area contributed by atoms with E-state index in [2.05, 4.69) is 10.1 Å². The van der Waals surface area contributed by atoms with Crippen molar-refractivity contribution in [1.82, 2.24) is 10.2 Å². The zero-order valence-corrected chi connectivity index (χ0v) is 12.6. The molecule has 118 valence electrons. The molecule has 0 unspecified atom stereocenters. The Balaban J connectivity index is 1.66. The van der Waals surface area contributed by atoms with E-state index in [9.17, 15) is 14.4 Å². The average molecular weight is 296 g/mol. The lowest BCUT2D eigenvalue weighted by atomic mass is 9.84. The quantitative estimate of drug-likeness (QED) is 0.763. The molecule has 1 aliphatic carbocycles. The third kappa shape index (κ3) is 4.44. The Bertz CT molecular complexity index is 398. The molecule has 1 heterocycles. The Morgan fingerprint density at radius 2 is 1.76 bits per heavy atom. The number of likely N-dealkylation sites (tertiary alicyclic amines) is 1. The maximum absolute atomic E-state index is 11.9. The van der Waals surface area contributed by atoms with Crippen LogP contribution in [0.3, 0.4) is 0 Å². The van der Waals surface area contributed by atoms with Crippen LogP contribution in [0, 0.1) is 5.92 Å². The number of amides is 2. The van der Waals surface area contributed by atoms with E-state index < -0.39 is 0 Å². The summed E-state index contributed by atoms with van der Waals surface area (Å²) >= 11 is 0. The van der Waals surface area contributed by atoms with Gasteiger partial charge in [0.05, 0.1) is 13.5 Å². The van der Waals surface area contributed by atoms with Gasteiger partial charge in [0, 0.05) is 31.5 Å². The summed E-state index contributed by atoms with van der Waals surface area (Å²) in [5.41, 5.74) is 0. The first-order valence-electron chi connectivity index (χ1n) is 7.75. The second-order valence-corrected chi connectivity index (χ2v) is 5.87. The average Bonchev–Trinajstić information content (AvgIpc) is 2.43. The van der Waals surface area contributed by atoms with Gasteiger partial charge in [-0.1, -0.05) is 6.42 Å². The maximum atomic E-state index is 11.9. The minimum Gasteiger partial charge on any atom is -0.469 e. The van der Waals surface area contributed by atoms with Crippen molar-refractivity contribution >= 4 is 17.8 Å². The van der Waals surface area contributed by atoms with Crippen molar-refractivity contribution in [2.24, 2.45) is 5.92 Å². The zero-order valence-electron chi connectivity index (χ0n) is 12.6. The molecule has 2 aliphatic rings. The standard InChI is InChI=1S/C15H24N2O4/c1-21-14(19)6-5-13(18)17-9-7-12(8-10-17)16-15(20)11-3-2-4-11/h11-12H,2-10H2,1H3,(H,16,20). The Kier molecular flexibility index (Phi) is 5.59. The lowest BCUT2D eigenvalue weighted by Gasteiger charge is -2.34. The molecule has 2 fully saturated rings. The molecule has 2 rings (SSSR count). The number of hydrogen-bond donors (Lipinski definition) is 1. The van der Waals surface area contributed by atoms with Gasteiger partial charge in [0.15, 0.2) is 0 Å². The molecule has 0 aromatic carbocycles. The fraction of sp³-hybridized carbons (Fsp3) is 0.800. The van der Waals surface area contributed by atoms with E-state index in [0.717, 1.165) is 32.1 Å². The van der Waals surface area contributed by atoms with E-state index in [1.807, 2.05) is 0 Å². The van der Waals surface area contributed by atoms with Crippen LogP contribution in [0.5, 0.6) is 0 Å². The second kappa shape index (κ2) is 7.43. The van der Waals surface area contributed by atoms with Crippen LogP contribution in [0.2, 0.25) is 0 Å². The highest BCUT2D eigenvalue weighted by Gasteiger charge is 2.29. The summed E-state index contributed by atoms with van der Waals surface area (Å²) in [6.07, 6.45) is 5.10. The van der Waals surface area contributed by atoms with Gasteiger partial charge < -0.3 is 15.0 Å². The number of carbonyl (C=O) groups excluding carboxylic acids is 3. The molecule has 1 N–H and O–H groups in total. The summed E-state index contributed by atoms with van der Waals surface area (Å²) in [6.45, 7) is 1.30. The van der Waals surface area contributed by atoms with Crippen LogP contribution in [0.25, 0.3) is 0 Å². The second-order valence-electron chi connectivity index (χ2n) is 5.87. The molecule has 0 spiro atoms. The largest absolute Gasteiger partial charge is 0.469 e. The molecular formula is C15H24N2O4. The van der Waals surface area contributed by atoms with Crippen LogP contribution in [0.15, 0.2) is 0 Å². The van der Waals surface area contributed by atoms with Crippen LogP contribution in [-0.4, -0.2) is 48.9 Å². The maximum Gasteiger partial charge on any atom is 0.306 e. The van der Waals surface area contributed by atoms with Gasteiger partial charge in [-0.25, -0.2) is 0 Å². The Morgan fingerprint density at radius 3 is 2.29 bits per heavy atom. The van der Waals surface area contributed by atoms with Crippen LogP contribution in [0.1, 0.15) is 44.9 Å². The lowest BCUT2D eigenvalue weighted by Crippen LogP contribution is -2.48. The van der Waals surface area contributed by atoms with Gasteiger partial charge in [-0.15, -0.1) is 0 Å². The normalized spacial score (nSPS) is 19.8. The molecule has 0 atom stereocenters. The molecule has 0 radical (unpaired) electrons. The number of rotatable bonds is 5. The Labute approximate surface area is 125 Å². The number of carbonyl (C=O) groups is 3. The summed E-state index contributed by atoms with van der Waals surface area (Å²) in [6, 6.07) is 0.183. The number of nitrogens with one attached hydrogen (secondary N) is 1. The van der Waals surface area contributed by atoms with E-state index in [1.54, 1.807) is 4.90 Å². The van der Waals surface area contributed by atoms with E-state index >= 15 is 0 Å². The molecule has 2 amide bonds. The highest BCUT2D eigenvalue weighted by molar-refractivity contribution is 5.81. The SMILES string of the molecule is COC(=O)CCC(=O)N1CCC(NC(=O)C2CCC2)CC1. The molecule has 1 saturated heterocycles. The summed E-state index contributed by atoms with van der Waals surface area (Å²) in [5.74, 6) is 0.0246. The molecular weight excluding hydrogens is 272 g/mol. The summed E-state index contributed by atoms with van der Waals surface area (Å²) in [7, 11) is 1.32. The minimum atomic E-state index is -0.356. The van der Waals surface area contributed by atoms with Crippen LogP contribution >= 0.6 is 0 Å². The Hall–Kier alpha value is -1.59. The zero-order chi connectivity index (χ0) is 15.2. The highest BCUT2D eigenvalue weighted by atomic mass is 16.5. The van der Waals surface area contributed by atoms with Crippen molar-refractivity contribution in [2.75, 3.05) is 20.2 Å². The van der Waals surface area contributed by atoms with Gasteiger partial charge >= 0.3 is 5.97 Å². The molecule has 6 heteroatoms. The molecule has 6 nitrogen and oxygen atoms in total. The first-order chi connectivity index (χ1) is 10.1. The number of esters is 1. The number of piperidine rings is 1. The van der Waals surface area contributed by atoms with Crippen molar-refractivity contribution in [3.63, 3.8) is 0 Å². The first kappa shape index (κ1) is 15.8. The van der Waals surface area contributed by atoms with E-state index in [-0.39, 0.29) is 42.6 Å². The van der Waals surface area contributed by atoms with E-state index in [1.165, 1.54) is 7.11 Å². The van der Waals surface area contributed by atoms with Gasteiger partial charge in [-0.05, 0) is 25.7 Å². The summed E-state index contributed by atoms with van der Waals surface area (Å²) in [4.78, 5) is 36.6. The summed E-state index contributed by atoms with van der Waals surface area (Å²) in [5, 5.41) is 3.09. The third-order valence-corrected chi connectivity index (χ3v) is 4.44. The number of hydrogen-bond acceptors (Lipinski definition) is 4. The molecule has 0 aromatic rings. The number of ether oxygens (including phenoxy) is 1.